The van der Waals surface area contributed by atoms with Crippen molar-refractivity contribution in [3.8, 4) is 5.75 Å². The maximum absolute atomic E-state index is 13.6. The number of hydroxylamine groups is 1. The largest absolute Gasteiger partial charge is 0.622 e. The fourth-order valence-corrected chi connectivity index (χ4v) is 2.60. The van der Waals surface area contributed by atoms with Crippen LogP contribution in [0, 0.1) is 12.1 Å². The summed E-state index contributed by atoms with van der Waals surface area (Å²) >= 11 is 0. The molecule has 0 amide bonds. The molecule has 0 bridgehead atoms. The SMILES string of the molecule is Cc1ccc([N+]([O-])(CC2=NCCN2)c2cccc(O)c2)cc1. The van der Waals surface area contributed by atoms with Crippen molar-refractivity contribution in [1.82, 2.24) is 9.96 Å². The minimum atomic E-state index is -0.680. The third kappa shape index (κ3) is 2.81. The number of phenols is 1. The fourth-order valence-electron chi connectivity index (χ4n) is 2.60. The molecule has 0 aromatic heterocycles. The number of quaternary nitrogens is 1. The zero-order valence-corrected chi connectivity index (χ0v) is 12.5. The Labute approximate surface area is 129 Å². The number of nitrogens with one attached hydrogen (secondary N) is 1. The van der Waals surface area contributed by atoms with Gasteiger partial charge >= 0.3 is 0 Å². The Morgan fingerprint density at radius 1 is 1.18 bits per heavy atom. The van der Waals surface area contributed by atoms with Gasteiger partial charge in [-0.05, 0) is 13.0 Å². The van der Waals surface area contributed by atoms with Crippen LogP contribution in [-0.2, 0) is 0 Å². The number of aryl methyl sites for hydroxylation is 1. The lowest BCUT2D eigenvalue weighted by atomic mass is 10.1. The van der Waals surface area contributed by atoms with E-state index in [1.807, 2.05) is 31.2 Å². The van der Waals surface area contributed by atoms with E-state index in [4.69, 9.17) is 0 Å². The third-order valence-electron chi connectivity index (χ3n) is 3.81. The van der Waals surface area contributed by atoms with E-state index in [9.17, 15) is 10.3 Å². The summed E-state index contributed by atoms with van der Waals surface area (Å²) in [5, 5.41) is 26.5. The van der Waals surface area contributed by atoms with Crippen molar-refractivity contribution in [3.63, 3.8) is 0 Å². The van der Waals surface area contributed by atoms with Crippen molar-refractivity contribution < 1.29 is 5.11 Å². The number of nitrogens with zero attached hydrogens (tertiary/aromatic N) is 2. The molecule has 0 aliphatic carbocycles. The van der Waals surface area contributed by atoms with Crippen molar-refractivity contribution in [1.29, 1.82) is 0 Å². The van der Waals surface area contributed by atoms with Gasteiger partial charge in [0, 0.05) is 30.8 Å². The molecule has 1 heterocycles. The van der Waals surface area contributed by atoms with Crippen LogP contribution >= 0.6 is 0 Å². The molecule has 0 spiro atoms. The summed E-state index contributed by atoms with van der Waals surface area (Å²) in [7, 11) is 0. The molecule has 0 saturated heterocycles. The van der Waals surface area contributed by atoms with Gasteiger partial charge in [-0.15, -0.1) is 0 Å². The highest BCUT2D eigenvalue weighted by atomic mass is 16.5. The molecule has 5 nitrogen and oxygen atoms in total. The third-order valence-corrected chi connectivity index (χ3v) is 3.81. The normalized spacial score (nSPS) is 16.7. The second-order valence-electron chi connectivity index (χ2n) is 5.51. The summed E-state index contributed by atoms with van der Waals surface area (Å²) in [5.74, 6) is 0.795. The molecule has 5 heteroatoms. The second-order valence-corrected chi connectivity index (χ2v) is 5.51. The first-order chi connectivity index (χ1) is 10.6. The van der Waals surface area contributed by atoms with Gasteiger partial charge in [0.05, 0.1) is 6.54 Å². The molecule has 0 radical (unpaired) electrons. The van der Waals surface area contributed by atoms with E-state index in [0.29, 0.717) is 23.8 Å². The van der Waals surface area contributed by atoms with E-state index >= 15 is 0 Å². The molecule has 1 aliphatic rings. The van der Waals surface area contributed by atoms with E-state index < -0.39 is 4.65 Å². The quantitative estimate of drug-likeness (QED) is 0.673. The van der Waals surface area contributed by atoms with Gasteiger partial charge in [-0.3, -0.25) is 9.64 Å². The van der Waals surface area contributed by atoms with Crippen molar-refractivity contribution in [3.05, 3.63) is 59.3 Å². The zero-order valence-electron chi connectivity index (χ0n) is 12.5. The number of aliphatic imine (C=N–C) groups is 1. The van der Waals surface area contributed by atoms with Gasteiger partial charge < -0.3 is 15.6 Å². The van der Waals surface area contributed by atoms with E-state index in [1.165, 1.54) is 6.07 Å². The number of amidine groups is 1. The van der Waals surface area contributed by atoms with Crippen molar-refractivity contribution in [2.24, 2.45) is 4.99 Å². The number of hydrogen-bond acceptors (Lipinski definition) is 4. The van der Waals surface area contributed by atoms with Gasteiger partial charge in [-0.2, -0.15) is 0 Å². The lowest BCUT2D eigenvalue weighted by Crippen LogP contribution is -2.45. The molecule has 2 aromatic carbocycles. The van der Waals surface area contributed by atoms with Crippen LogP contribution in [0.4, 0.5) is 11.4 Å². The first-order valence-electron chi connectivity index (χ1n) is 7.31. The highest BCUT2D eigenvalue weighted by Crippen LogP contribution is 2.35. The predicted molar refractivity (Wildman–Crippen MR) is 89.3 cm³/mol. The minimum Gasteiger partial charge on any atom is -0.622 e. The lowest BCUT2D eigenvalue weighted by molar-refractivity contribution is 0.472. The Morgan fingerprint density at radius 3 is 2.59 bits per heavy atom. The van der Waals surface area contributed by atoms with Crippen LogP contribution in [-0.4, -0.2) is 30.6 Å². The van der Waals surface area contributed by atoms with Crippen molar-refractivity contribution in [2.45, 2.75) is 6.92 Å². The fraction of sp³-hybridized carbons (Fsp3) is 0.235. The Morgan fingerprint density at radius 2 is 1.95 bits per heavy atom. The Bertz CT molecular complexity index is 697. The van der Waals surface area contributed by atoms with E-state index in [-0.39, 0.29) is 12.3 Å². The van der Waals surface area contributed by atoms with Crippen LogP contribution in [0.15, 0.2) is 53.5 Å². The Balaban J connectivity index is 2.06. The van der Waals surface area contributed by atoms with Crippen LogP contribution in [0.5, 0.6) is 5.75 Å². The maximum Gasteiger partial charge on any atom is 0.154 e. The molecule has 0 fully saturated rings. The molecule has 1 unspecified atom stereocenters. The average Bonchev–Trinajstić information content (AvgIpc) is 3.00. The number of hydrogen-bond donors (Lipinski definition) is 2. The summed E-state index contributed by atoms with van der Waals surface area (Å²) in [6.45, 7) is 3.64. The highest BCUT2D eigenvalue weighted by molar-refractivity contribution is 5.88. The topological polar surface area (TPSA) is 67.7 Å². The maximum atomic E-state index is 13.6. The molecule has 3 rings (SSSR count). The first-order valence-corrected chi connectivity index (χ1v) is 7.31. The van der Waals surface area contributed by atoms with Gasteiger partial charge in [0.2, 0.25) is 0 Å². The van der Waals surface area contributed by atoms with Crippen molar-refractivity contribution in [2.75, 3.05) is 19.6 Å². The molecule has 2 N–H and O–H groups in total. The number of rotatable bonds is 4. The molecular formula is C17H19N3O2. The summed E-state index contributed by atoms with van der Waals surface area (Å²) < 4.78 is -0.680. The molecule has 0 saturated carbocycles. The number of benzene rings is 2. The predicted octanol–water partition coefficient (Wildman–Crippen LogP) is 2.84. The standard InChI is InChI=1S/C17H19N3O2/c1-13-5-7-14(8-6-13)20(22,12-17-18-9-10-19-17)15-3-2-4-16(21)11-15/h2-8,11,21H,9-10,12H2,1H3,(H,18,19). The van der Waals surface area contributed by atoms with Gasteiger partial charge in [-0.25, -0.2) is 0 Å². The molecule has 2 aromatic rings. The monoisotopic (exact) mass is 297 g/mol. The van der Waals surface area contributed by atoms with Gasteiger partial charge in [-0.1, -0.05) is 23.8 Å². The molecule has 22 heavy (non-hydrogen) atoms. The summed E-state index contributed by atoms with van der Waals surface area (Å²) in [5.41, 5.74) is 2.20. The smallest absolute Gasteiger partial charge is 0.154 e. The van der Waals surface area contributed by atoms with Crippen LogP contribution in [0.3, 0.4) is 0 Å². The highest BCUT2D eigenvalue weighted by Gasteiger charge is 2.27. The second kappa shape index (κ2) is 5.79. The van der Waals surface area contributed by atoms with Crippen LogP contribution in [0.1, 0.15) is 5.56 Å². The molecule has 114 valence electrons. The van der Waals surface area contributed by atoms with E-state index in [1.54, 1.807) is 18.2 Å². The van der Waals surface area contributed by atoms with Gasteiger partial charge in [0.15, 0.2) is 5.84 Å². The molecule has 1 atom stereocenters. The van der Waals surface area contributed by atoms with Crippen LogP contribution < -0.4 is 9.96 Å². The zero-order chi connectivity index (χ0) is 15.6. The molecular weight excluding hydrogens is 278 g/mol. The Kier molecular flexibility index (Phi) is 3.83. The van der Waals surface area contributed by atoms with Crippen molar-refractivity contribution >= 4 is 17.2 Å². The lowest BCUT2D eigenvalue weighted by Gasteiger charge is -2.41. The van der Waals surface area contributed by atoms with Gasteiger partial charge in [0.25, 0.3) is 0 Å². The number of aromatic hydroxyl groups is 1. The molecule has 1 aliphatic heterocycles. The summed E-state index contributed by atoms with van der Waals surface area (Å²) in [6, 6.07) is 14.0. The van der Waals surface area contributed by atoms with Crippen LogP contribution in [0.2, 0.25) is 0 Å². The van der Waals surface area contributed by atoms with Gasteiger partial charge in [0.1, 0.15) is 23.7 Å². The minimum absolute atomic E-state index is 0.0873. The summed E-state index contributed by atoms with van der Waals surface area (Å²) in [6.07, 6.45) is 0. The average molecular weight is 297 g/mol. The van der Waals surface area contributed by atoms with E-state index in [2.05, 4.69) is 10.3 Å². The summed E-state index contributed by atoms with van der Waals surface area (Å²) in [4.78, 5) is 4.34. The Hall–Kier alpha value is -2.37. The first kappa shape index (κ1) is 14.6. The van der Waals surface area contributed by atoms with Crippen LogP contribution in [0.25, 0.3) is 0 Å². The number of phenolic OH excluding ortho intramolecular Hbond substituents is 1. The van der Waals surface area contributed by atoms with E-state index in [0.717, 1.165) is 12.1 Å².